The lowest BCUT2D eigenvalue weighted by Gasteiger charge is -2.27. The average Bonchev–Trinajstić information content (AvgIpc) is 3.00. The second-order valence-electron chi connectivity index (χ2n) is 8.60. The topological polar surface area (TPSA) is 51.5 Å². The molecule has 0 amide bonds. The number of hydrogen-bond acceptors (Lipinski definition) is 4. The van der Waals surface area contributed by atoms with Gasteiger partial charge in [0.15, 0.2) is 0 Å². The zero-order valence-corrected chi connectivity index (χ0v) is 21.9. The molecule has 4 aromatic carbocycles. The first-order chi connectivity index (χ1) is 18.7. The fourth-order valence-electron chi connectivity index (χ4n) is 4.39. The molecule has 1 aromatic heterocycles. The van der Waals surface area contributed by atoms with Gasteiger partial charge in [-0.1, -0.05) is 103 Å². The van der Waals surface area contributed by atoms with Crippen molar-refractivity contribution in [1.82, 2.24) is 4.98 Å². The van der Waals surface area contributed by atoms with Crippen LogP contribution in [0, 0.1) is 0 Å². The minimum absolute atomic E-state index is 0.390. The summed E-state index contributed by atoms with van der Waals surface area (Å²) in [6.45, 7) is 0. The van der Waals surface area contributed by atoms with Crippen LogP contribution in [0.1, 0.15) is 21.6 Å². The Hall–Kier alpha value is -4.53. The number of esters is 1. The van der Waals surface area contributed by atoms with E-state index in [2.05, 4.69) is 77.8 Å². The van der Waals surface area contributed by atoms with Crippen LogP contribution in [0.25, 0.3) is 12.2 Å². The first-order valence-corrected chi connectivity index (χ1v) is 14.1. The lowest BCUT2D eigenvalue weighted by Crippen LogP contribution is -2.25. The molecule has 0 aliphatic rings. The van der Waals surface area contributed by atoms with Crippen molar-refractivity contribution in [2.45, 2.75) is 0 Å². The zero-order valence-electron chi connectivity index (χ0n) is 21.0. The fourth-order valence-corrected chi connectivity index (χ4v) is 7.94. The van der Waals surface area contributed by atoms with Crippen LogP contribution in [0.15, 0.2) is 138 Å². The van der Waals surface area contributed by atoms with E-state index >= 15 is 0 Å². The van der Waals surface area contributed by atoms with Gasteiger partial charge in [0.05, 0.1) is 31.1 Å². The molecule has 5 aromatic rings. The molecule has 1 heterocycles. The molecule has 0 fully saturated rings. The van der Waals surface area contributed by atoms with Gasteiger partial charge in [-0.05, 0) is 36.4 Å². The van der Waals surface area contributed by atoms with Crippen molar-refractivity contribution >= 4 is 46.8 Å². The van der Waals surface area contributed by atoms with Gasteiger partial charge in [-0.2, -0.15) is 0 Å². The van der Waals surface area contributed by atoms with Crippen molar-refractivity contribution in [3.8, 4) is 0 Å². The lowest BCUT2D eigenvalue weighted by atomic mass is 10.1. The molecule has 0 atom stereocenters. The van der Waals surface area contributed by atoms with Crippen LogP contribution in [0.2, 0.25) is 0 Å². The third-order valence-electron chi connectivity index (χ3n) is 6.22. The molecule has 186 valence electrons. The third-order valence-corrected chi connectivity index (χ3v) is 9.87. The summed E-state index contributed by atoms with van der Waals surface area (Å²) in [6.07, 6.45) is 5.65. The quantitative estimate of drug-likeness (QED) is 0.176. The minimum atomic E-state index is -2.48. The molecule has 4 nitrogen and oxygen atoms in total. The Labute approximate surface area is 223 Å². The number of carbonyl (C=O) groups is 1. The number of rotatable bonds is 7. The molecule has 0 bridgehead atoms. The van der Waals surface area contributed by atoms with Gasteiger partial charge in [0.2, 0.25) is 0 Å². The summed E-state index contributed by atoms with van der Waals surface area (Å²) in [5.41, 5.74) is 2.88. The van der Waals surface area contributed by atoms with E-state index in [4.69, 9.17) is 9.48 Å². The Morgan fingerprint density at radius 3 is 1.76 bits per heavy atom. The molecule has 0 spiro atoms. The number of benzene rings is 4. The molecular formula is C33H27N2O2P. The number of aromatic nitrogens is 1. The highest BCUT2D eigenvalue weighted by molar-refractivity contribution is 7.87. The summed E-state index contributed by atoms with van der Waals surface area (Å²) in [5.74, 6) is -0.390. The summed E-state index contributed by atoms with van der Waals surface area (Å²) in [4.78, 5) is 16.8. The summed E-state index contributed by atoms with van der Waals surface area (Å²) >= 11 is 0. The number of hydrogen-bond donors (Lipinski definition) is 0. The van der Waals surface area contributed by atoms with Crippen molar-refractivity contribution in [3.05, 3.63) is 150 Å². The Morgan fingerprint density at radius 1 is 0.711 bits per heavy atom. The fraction of sp³-hybridized carbons (Fsp3) is 0.0303. The van der Waals surface area contributed by atoms with Crippen molar-refractivity contribution in [3.63, 3.8) is 0 Å². The molecule has 0 saturated heterocycles. The highest BCUT2D eigenvalue weighted by Gasteiger charge is 2.27. The van der Waals surface area contributed by atoms with E-state index in [9.17, 15) is 4.79 Å². The van der Waals surface area contributed by atoms with E-state index in [1.807, 2.05) is 60.7 Å². The van der Waals surface area contributed by atoms with Gasteiger partial charge in [0, 0.05) is 27.7 Å². The second-order valence-corrected chi connectivity index (χ2v) is 11.6. The number of ether oxygens (including phenoxy) is 1. The van der Waals surface area contributed by atoms with Crippen LogP contribution in [-0.2, 0) is 4.74 Å². The van der Waals surface area contributed by atoms with Crippen molar-refractivity contribution in [2.75, 3.05) is 7.11 Å². The highest BCUT2D eigenvalue weighted by atomic mass is 31.2. The summed E-state index contributed by atoms with van der Waals surface area (Å²) in [5, 5.41) is 3.44. The predicted octanol–water partition coefficient (Wildman–Crippen LogP) is 6.85. The molecule has 0 aliphatic carbocycles. The van der Waals surface area contributed by atoms with E-state index in [1.54, 1.807) is 12.3 Å². The van der Waals surface area contributed by atoms with Crippen LogP contribution in [0.5, 0.6) is 0 Å². The van der Waals surface area contributed by atoms with Gasteiger partial charge in [-0.25, -0.2) is 4.79 Å². The molecule has 0 radical (unpaired) electrons. The zero-order chi connectivity index (χ0) is 26.2. The first-order valence-electron chi connectivity index (χ1n) is 12.3. The average molecular weight is 515 g/mol. The van der Waals surface area contributed by atoms with Crippen LogP contribution in [-0.4, -0.2) is 18.1 Å². The molecule has 0 unspecified atom stereocenters. The molecule has 5 heteroatoms. The van der Waals surface area contributed by atoms with Crippen LogP contribution in [0.3, 0.4) is 0 Å². The highest BCUT2D eigenvalue weighted by Crippen LogP contribution is 2.50. The van der Waals surface area contributed by atoms with Crippen LogP contribution < -0.4 is 15.9 Å². The van der Waals surface area contributed by atoms with Gasteiger partial charge < -0.3 is 4.74 Å². The lowest BCUT2D eigenvalue weighted by molar-refractivity contribution is 0.0600. The van der Waals surface area contributed by atoms with Crippen molar-refractivity contribution in [2.24, 2.45) is 4.74 Å². The maximum atomic E-state index is 12.4. The van der Waals surface area contributed by atoms with Gasteiger partial charge in [-0.15, -0.1) is 0 Å². The van der Waals surface area contributed by atoms with Crippen molar-refractivity contribution < 1.29 is 9.53 Å². The summed E-state index contributed by atoms with van der Waals surface area (Å²) in [6, 6.07) is 42.7. The standard InChI is InChI=1S/C33H27N2O2P/c1-37-33(36)27-21-23-32(26(25-27)20-22-28-13-11-12-24-34-28)35-38(29-14-5-2-6-15-29,30-16-7-3-8-17-30)31-18-9-4-10-19-31/h2-25H,1H3. The molecular weight excluding hydrogens is 487 g/mol. The maximum Gasteiger partial charge on any atom is 0.337 e. The van der Waals surface area contributed by atoms with E-state index < -0.39 is 7.05 Å². The molecule has 0 aliphatic heterocycles. The number of pyridine rings is 1. The smallest absolute Gasteiger partial charge is 0.337 e. The summed E-state index contributed by atoms with van der Waals surface area (Å²) in [7, 11) is -1.09. The number of methoxy groups -OCH3 is 1. The molecule has 0 saturated carbocycles. The largest absolute Gasteiger partial charge is 0.465 e. The van der Waals surface area contributed by atoms with E-state index in [0.29, 0.717) is 5.56 Å². The van der Waals surface area contributed by atoms with E-state index in [-0.39, 0.29) is 5.97 Å². The molecule has 5 rings (SSSR count). The van der Waals surface area contributed by atoms with Gasteiger partial charge >= 0.3 is 5.97 Å². The first kappa shape index (κ1) is 25.1. The van der Waals surface area contributed by atoms with Crippen LogP contribution in [0.4, 0.5) is 5.69 Å². The molecule has 38 heavy (non-hydrogen) atoms. The normalized spacial score (nSPS) is 11.3. The Morgan fingerprint density at radius 2 is 1.26 bits per heavy atom. The Kier molecular flexibility index (Phi) is 7.73. The minimum Gasteiger partial charge on any atom is -0.465 e. The number of nitrogens with zero attached hydrogens (tertiary/aromatic N) is 2. The van der Waals surface area contributed by atoms with E-state index in [1.165, 1.54) is 7.11 Å². The van der Waals surface area contributed by atoms with Crippen molar-refractivity contribution in [1.29, 1.82) is 0 Å². The SMILES string of the molecule is COC(=O)c1ccc(N=P(c2ccccc2)(c2ccccc2)c2ccccc2)c(C=Cc2ccccn2)c1. The second kappa shape index (κ2) is 11.7. The summed E-state index contributed by atoms with van der Waals surface area (Å²) < 4.78 is 10.6. The maximum absolute atomic E-state index is 12.4. The van der Waals surface area contributed by atoms with Gasteiger partial charge in [0.25, 0.3) is 0 Å². The predicted molar refractivity (Wildman–Crippen MR) is 158 cm³/mol. The van der Waals surface area contributed by atoms with Crippen LogP contribution >= 0.6 is 7.05 Å². The Balaban J connectivity index is 1.83. The molecule has 0 N–H and O–H groups in total. The van der Waals surface area contributed by atoms with E-state index in [0.717, 1.165) is 32.9 Å². The number of carbonyl (C=O) groups excluding carboxylic acids is 1. The third kappa shape index (κ3) is 5.27. The monoisotopic (exact) mass is 514 g/mol. The van der Waals surface area contributed by atoms with Gasteiger partial charge in [0.1, 0.15) is 0 Å². The van der Waals surface area contributed by atoms with Gasteiger partial charge in [-0.3, -0.25) is 9.73 Å². The Bertz CT molecular complexity index is 1500.